The number of carboxylic acid groups (broad SMARTS) is 1. The molecule has 1 saturated heterocycles. The summed E-state index contributed by atoms with van der Waals surface area (Å²) < 4.78 is 30.5. The first kappa shape index (κ1) is 22.5. The summed E-state index contributed by atoms with van der Waals surface area (Å²) in [5.74, 6) is -0.824. The summed E-state index contributed by atoms with van der Waals surface area (Å²) in [6, 6.07) is 15.5. The van der Waals surface area contributed by atoms with Gasteiger partial charge in [-0.05, 0) is 60.9 Å². The van der Waals surface area contributed by atoms with E-state index in [9.17, 15) is 23.1 Å². The smallest absolute Gasteiger partial charge is 0.335 e. The number of pyridine rings is 1. The van der Waals surface area contributed by atoms with Gasteiger partial charge < -0.3 is 14.6 Å². The van der Waals surface area contributed by atoms with Crippen molar-refractivity contribution in [2.45, 2.75) is 23.8 Å². The Kier molecular flexibility index (Phi) is 5.61. The van der Waals surface area contributed by atoms with Gasteiger partial charge in [0.25, 0.3) is 15.6 Å². The van der Waals surface area contributed by atoms with E-state index in [0.717, 1.165) is 12.1 Å². The summed E-state index contributed by atoms with van der Waals surface area (Å²) in [5.41, 5.74) is 1.73. The van der Waals surface area contributed by atoms with Crippen molar-refractivity contribution >= 4 is 39.0 Å². The highest BCUT2D eigenvalue weighted by molar-refractivity contribution is 7.92. The first-order valence-electron chi connectivity index (χ1n) is 10.8. The van der Waals surface area contributed by atoms with Crippen molar-refractivity contribution in [2.24, 2.45) is 5.92 Å². The third kappa shape index (κ3) is 4.17. The number of rotatable bonds is 5. The van der Waals surface area contributed by atoms with Crippen LogP contribution in [-0.4, -0.2) is 37.2 Å². The van der Waals surface area contributed by atoms with Crippen LogP contribution in [0.25, 0.3) is 0 Å². The molecule has 0 spiro atoms. The van der Waals surface area contributed by atoms with Gasteiger partial charge in [-0.1, -0.05) is 17.7 Å². The molecule has 2 atom stereocenters. The van der Waals surface area contributed by atoms with Crippen molar-refractivity contribution in [3.05, 3.63) is 87.3 Å². The first-order chi connectivity index (χ1) is 16.2. The molecule has 34 heavy (non-hydrogen) atoms. The van der Waals surface area contributed by atoms with E-state index in [1.54, 1.807) is 18.2 Å². The molecule has 1 aromatic heterocycles. The number of hydrogen-bond donors (Lipinski definition) is 2. The number of aromatic nitrogens is 1. The van der Waals surface area contributed by atoms with Crippen molar-refractivity contribution < 1.29 is 18.3 Å². The molecular weight excluding hydrogens is 478 g/mol. The predicted octanol–water partition coefficient (Wildman–Crippen LogP) is 3.62. The van der Waals surface area contributed by atoms with E-state index < -0.39 is 16.0 Å². The van der Waals surface area contributed by atoms with E-state index in [-0.39, 0.29) is 33.5 Å². The van der Waals surface area contributed by atoms with Crippen molar-refractivity contribution in [2.75, 3.05) is 22.7 Å². The maximum Gasteiger partial charge on any atom is 0.335 e. The van der Waals surface area contributed by atoms with Crippen LogP contribution in [-0.2, 0) is 16.6 Å². The highest BCUT2D eigenvalue weighted by atomic mass is 35.5. The molecule has 0 amide bonds. The zero-order valence-corrected chi connectivity index (χ0v) is 19.6. The normalized spacial score (nSPS) is 19.4. The topological polar surface area (TPSA) is 109 Å². The minimum atomic E-state index is -3.98. The molecule has 10 heteroatoms. The van der Waals surface area contributed by atoms with E-state index in [1.165, 1.54) is 36.4 Å². The van der Waals surface area contributed by atoms with Gasteiger partial charge in [0, 0.05) is 42.3 Å². The van der Waals surface area contributed by atoms with Gasteiger partial charge in [0.05, 0.1) is 21.8 Å². The third-order valence-corrected chi connectivity index (χ3v) is 8.07. The molecule has 0 saturated carbocycles. The molecule has 2 aromatic carbocycles. The number of fused-ring (bicyclic) bond motifs is 4. The quantitative estimate of drug-likeness (QED) is 0.555. The molecule has 1 fully saturated rings. The van der Waals surface area contributed by atoms with E-state index in [0.29, 0.717) is 30.3 Å². The van der Waals surface area contributed by atoms with E-state index in [2.05, 4.69) is 9.62 Å². The van der Waals surface area contributed by atoms with E-state index >= 15 is 0 Å². The Bertz CT molecular complexity index is 1440. The molecule has 3 aromatic rings. The molecule has 0 radical (unpaired) electrons. The van der Waals surface area contributed by atoms with Crippen LogP contribution < -0.4 is 15.2 Å². The lowest BCUT2D eigenvalue weighted by Gasteiger charge is -2.44. The summed E-state index contributed by atoms with van der Waals surface area (Å²) in [6.07, 6.45) is 0.943. The van der Waals surface area contributed by atoms with E-state index in [1.807, 2.05) is 10.6 Å². The van der Waals surface area contributed by atoms with Gasteiger partial charge >= 0.3 is 5.97 Å². The highest BCUT2D eigenvalue weighted by Crippen LogP contribution is 2.39. The number of carbonyl (C=O) groups is 1. The van der Waals surface area contributed by atoms with Gasteiger partial charge in [-0.3, -0.25) is 9.52 Å². The van der Waals surface area contributed by atoms with Crippen molar-refractivity contribution in [1.82, 2.24) is 4.57 Å². The number of carboxylic acids is 1. The molecule has 2 aliphatic rings. The lowest BCUT2D eigenvalue weighted by Crippen LogP contribution is -2.47. The van der Waals surface area contributed by atoms with Crippen molar-refractivity contribution in [3.63, 3.8) is 0 Å². The molecule has 5 rings (SSSR count). The van der Waals surface area contributed by atoms with Gasteiger partial charge in [-0.25, -0.2) is 13.2 Å². The van der Waals surface area contributed by atoms with Gasteiger partial charge in [0.15, 0.2) is 0 Å². The number of anilines is 2. The lowest BCUT2D eigenvalue weighted by molar-refractivity contribution is 0.0697. The second-order valence-electron chi connectivity index (χ2n) is 8.70. The minimum absolute atomic E-state index is 0.0112. The van der Waals surface area contributed by atoms with Crippen LogP contribution in [0, 0.1) is 5.92 Å². The summed E-state index contributed by atoms with van der Waals surface area (Å²) in [7, 11) is -3.98. The van der Waals surface area contributed by atoms with Crippen LogP contribution in [0.2, 0.25) is 5.02 Å². The SMILES string of the molecule is O=C(O)c1ccc(N2CC3CC(C2)c2cccc(=O)n2C3)c(NS(=O)(=O)c2ccc(Cl)cc2)c1. The maximum atomic E-state index is 13.1. The number of aromatic carboxylic acids is 1. The van der Waals surface area contributed by atoms with Gasteiger partial charge in [-0.15, -0.1) is 0 Å². The van der Waals surface area contributed by atoms with Crippen molar-refractivity contribution in [3.8, 4) is 0 Å². The molecular formula is C24H22ClN3O5S. The molecule has 2 bridgehead atoms. The third-order valence-electron chi connectivity index (χ3n) is 6.43. The lowest BCUT2D eigenvalue weighted by atomic mass is 9.83. The number of piperidine rings is 1. The van der Waals surface area contributed by atoms with Crippen LogP contribution in [0.4, 0.5) is 11.4 Å². The molecule has 0 aliphatic carbocycles. The Hall–Kier alpha value is -3.30. The molecule has 2 aliphatic heterocycles. The minimum Gasteiger partial charge on any atom is -0.478 e. The number of sulfonamides is 1. The average molecular weight is 500 g/mol. The summed E-state index contributed by atoms with van der Waals surface area (Å²) in [5, 5.41) is 9.89. The molecule has 2 N–H and O–H groups in total. The van der Waals surface area contributed by atoms with Gasteiger partial charge in [0.2, 0.25) is 0 Å². The molecule has 3 heterocycles. The second kappa shape index (κ2) is 8.48. The molecule has 2 unspecified atom stereocenters. The second-order valence-corrected chi connectivity index (χ2v) is 10.8. The Morgan fingerprint density at radius 2 is 1.79 bits per heavy atom. The van der Waals surface area contributed by atoms with Crippen LogP contribution in [0.1, 0.15) is 28.4 Å². The average Bonchev–Trinajstić information content (AvgIpc) is 2.79. The van der Waals surface area contributed by atoms with Crippen LogP contribution >= 0.6 is 11.6 Å². The number of hydrogen-bond acceptors (Lipinski definition) is 5. The Labute approximate surface area is 201 Å². The molecule has 176 valence electrons. The van der Waals surface area contributed by atoms with Crippen molar-refractivity contribution in [1.29, 1.82) is 0 Å². The Balaban J connectivity index is 1.52. The maximum absolute atomic E-state index is 13.1. The number of halogens is 1. The summed E-state index contributed by atoms with van der Waals surface area (Å²) in [4.78, 5) is 26.0. The fraction of sp³-hybridized carbons (Fsp3) is 0.250. The fourth-order valence-corrected chi connectivity index (χ4v) is 6.13. The summed E-state index contributed by atoms with van der Waals surface area (Å²) >= 11 is 5.89. The summed E-state index contributed by atoms with van der Waals surface area (Å²) in [6.45, 7) is 1.81. The zero-order valence-electron chi connectivity index (χ0n) is 18.0. The number of nitrogens with one attached hydrogen (secondary N) is 1. The first-order valence-corrected chi connectivity index (χ1v) is 12.7. The largest absolute Gasteiger partial charge is 0.478 e. The monoisotopic (exact) mass is 499 g/mol. The molecule has 8 nitrogen and oxygen atoms in total. The van der Waals surface area contributed by atoms with Crippen LogP contribution in [0.3, 0.4) is 0 Å². The number of nitrogens with zero attached hydrogens (tertiary/aromatic N) is 2. The van der Waals surface area contributed by atoms with E-state index in [4.69, 9.17) is 11.6 Å². The van der Waals surface area contributed by atoms with Crippen LogP contribution in [0.15, 0.2) is 70.4 Å². The van der Waals surface area contributed by atoms with Gasteiger partial charge in [-0.2, -0.15) is 0 Å². The van der Waals surface area contributed by atoms with Crippen LogP contribution in [0.5, 0.6) is 0 Å². The predicted molar refractivity (Wildman–Crippen MR) is 129 cm³/mol. The Morgan fingerprint density at radius 3 is 2.53 bits per heavy atom. The highest BCUT2D eigenvalue weighted by Gasteiger charge is 2.35. The standard InChI is InChI=1S/C24H22ClN3O5S/c25-18-5-7-19(8-6-18)34(32,33)26-20-11-16(24(30)31)4-9-22(20)27-12-15-10-17(14-27)21-2-1-3-23(29)28(21)13-15/h1-9,11,15,17,26H,10,12-14H2,(H,30,31). The van der Waals surface area contributed by atoms with Gasteiger partial charge in [0.1, 0.15) is 0 Å². The Morgan fingerprint density at radius 1 is 1.03 bits per heavy atom. The zero-order chi connectivity index (χ0) is 24.0. The number of benzene rings is 2. The fourth-order valence-electron chi connectivity index (χ4n) is 4.94.